The molecule has 0 radical (unpaired) electrons. The average molecular weight is 322 g/mol. The topological polar surface area (TPSA) is 41.9 Å². The van der Waals surface area contributed by atoms with Gasteiger partial charge in [0.05, 0.1) is 24.1 Å². The van der Waals surface area contributed by atoms with Gasteiger partial charge in [-0.05, 0) is 37.3 Å². The molecule has 3 aliphatic heterocycles. The van der Waals surface area contributed by atoms with Crippen LogP contribution in [0, 0.1) is 11.8 Å². The molecule has 4 heteroatoms. The highest BCUT2D eigenvalue weighted by molar-refractivity contribution is 6.09. The number of hydrogen-bond donors (Lipinski definition) is 0. The Bertz CT molecular complexity index is 797. The Hall–Kier alpha value is -1.94. The smallest absolute Gasteiger partial charge is 0.310 e. The Morgan fingerprint density at radius 1 is 1.42 bits per heavy atom. The van der Waals surface area contributed by atoms with E-state index in [-0.39, 0.29) is 23.2 Å². The summed E-state index contributed by atoms with van der Waals surface area (Å²) in [6.07, 6.45) is 4.17. The van der Waals surface area contributed by atoms with Crippen molar-refractivity contribution in [2.45, 2.75) is 31.2 Å². The standard InChI is InChI=1S/C20H22N2O2/c1-3-12-11-22-9-8-20-14-6-4-5-7-15(14)21-18(20)16(22)10-13(12)17(20)19(23)24-2/h3-7,13,16-17H,8-11H2,1-2H3/b12-3-/t13-,16-,17-,20-/m0/s1. The highest BCUT2D eigenvalue weighted by Gasteiger charge is 2.65. The molecule has 0 unspecified atom stereocenters. The van der Waals surface area contributed by atoms with Crippen LogP contribution >= 0.6 is 0 Å². The SMILES string of the molecule is C/C=C1/CN2CC[C@]34C(=Nc5ccccc53)[C@@H]2C[C@@H]1[C@H]4C(=O)OC. The monoisotopic (exact) mass is 322 g/mol. The Balaban J connectivity index is 1.79. The van der Waals surface area contributed by atoms with Gasteiger partial charge in [-0.25, -0.2) is 0 Å². The van der Waals surface area contributed by atoms with Crippen LogP contribution < -0.4 is 0 Å². The molecule has 0 amide bonds. The second-order valence-electron chi connectivity index (χ2n) is 7.43. The molecular formula is C20H22N2O2. The maximum atomic E-state index is 12.9. The maximum absolute atomic E-state index is 12.9. The number of piperidine rings is 2. The molecule has 0 spiro atoms. The van der Waals surface area contributed by atoms with Gasteiger partial charge in [0, 0.05) is 24.8 Å². The lowest BCUT2D eigenvalue weighted by Crippen LogP contribution is -2.68. The first-order chi connectivity index (χ1) is 11.7. The number of hydrogen-bond acceptors (Lipinski definition) is 4. The molecule has 4 nitrogen and oxygen atoms in total. The highest BCUT2D eigenvalue weighted by Crippen LogP contribution is 2.60. The summed E-state index contributed by atoms with van der Waals surface area (Å²) in [7, 11) is 1.52. The summed E-state index contributed by atoms with van der Waals surface area (Å²) in [5.74, 6) is 0.0569. The Morgan fingerprint density at radius 2 is 2.25 bits per heavy atom. The Kier molecular flexibility index (Phi) is 2.88. The molecule has 4 aliphatic rings. The third-order valence-corrected chi connectivity index (χ3v) is 6.73. The minimum Gasteiger partial charge on any atom is -0.469 e. The lowest BCUT2D eigenvalue weighted by atomic mass is 9.51. The molecular weight excluding hydrogens is 300 g/mol. The zero-order valence-corrected chi connectivity index (χ0v) is 14.2. The minimum atomic E-state index is -0.261. The van der Waals surface area contributed by atoms with E-state index in [1.807, 2.05) is 6.07 Å². The molecule has 1 aromatic rings. The van der Waals surface area contributed by atoms with E-state index >= 15 is 0 Å². The van der Waals surface area contributed by atoms with E-state index in [2.05, 4.69) is 36.1 Å². The van der Waals surface area contributed by atoms with Crippen molar-refractivity contribution in [3.63, 3.8) is 0 Å². The summed E-state index contributed by atoms with van der Waals surface area (Å²) in [6, 6.07) is 8.76. The third-order valence-electron chi connectivity index (χ3n) is 6.73. The van der Waals surface area contributed by atoms with Gasteiger partial charge in [-0.2, -0.15) is 0 Å². The number of carbonyl (C=O) groups excluding carboxylic acids is 1. The second-order valence-corrected chi connectivity index (χ2v) is 7.43. The van der Waals surface area contributed by atoms with Gasteiger partial charge >= 0.3 is 5.97 Å². The van der Waals surface area contributed by atoms with Gasteiger partial charge in [-0.3, -0.25) is 14.7 Å². The predicted molar refractivity (Wildman–Crippen MR) is 92.6 cm³/mol. The van der Waals surface area contributed by atoms with Crippen LogP contribution in [-0.4, -0.2) is 42.8 Å². The zero-order valence-electron chi connectivity index (χ0n) is 14.2. The number of benzene rings is 1. The van der Waals surface area contributed by atoms with Gasteiger partial charge in [0.15, 0.2) is 0 Å². The second kappa shape index (κ2) is 4.79. The van der Waals surface area contributed by atoms with Gasteiger partial charge in [0.2, 0.25) is 0 Å². The van der Waals surface area contributed by atoms with E-state index in [0.29, 0.717) is 6.04 Å². The molecule has 2 saturated heterocycles. The van der Waals surface area contributed by atoms with Crippen molar-refractivity contribution >= 4 is 17.4 Å². The Morgan fingerprint density at radius 3 is 3.04 bits per heavy atom. The first kappa shape index (κ1) is 14.4. The molecule has 4 atom stereocenters. The van der Waals surface area contributed by atoms with E-state index in [1.54, 1.807) is 0 Å². The van der Waals surface area contributed by atoms with Crippen molar-refractivity contribution in [1.82, 2.24) is 4.90 Å². The lowest BCUT2D eigenvalue weighted by Gasteiger charge is -2.59. The summed E-state index contributed by atoms with van der Waals surface area (Å²) in [6.45, 7) is 4.09. The van der Waals surface area contributed by atoms with Crippen LogP contribution in [0.15, 0.2) is 40.9 Å². The summed E-state index contributed by atoms with van der Waals surface area (Å²) >= 11 is 0. The normalized spacial score (nSPS) is 37.8. The number of aliphatic imine (C=N–C) groups is 1. The molecule has 1 aliphatic carbocycles. The number of ether oxygens (including phenoxy) is 1. The summed E-state index contributed by atoms with van der Waals surface area (Å²) in [4.78, 5) is 20.5. The number of esters is 1. The van der Waals surface area contributed by atoms with E-state index in [0.717, 1.165) is 31.6 Å². The largest absolute Gasteiger partial charge is 0.469 e. The number of rotatable bonds is 1. The van der Waals surface area contributed by atoms with Gasteiger partial charge < -0.3 is 4.74 Å². The van der Waals surface area contributed by atoms with Crippen LogP contribution in [0.25, 0.3) is 0 Å². The van der Waals surface area contributed by atoms with Crippen molar-refractivity contribution < 1.29 is 9.53 Å². The molecule has 3 fully saturated rings. The van der Waals surface area contributed by atoms with Crippen LogP contribution in [0.1, 0.15) is 25.3 Å². The number of fused-ring (bicyclic) bond motifs is 2. The summed E-state index contributed by atoms with van der Waals surface area (Å²) in [5, 5.41) is 0. The number of methoxy groups -OCH3 is 1. The fourth-order valence-electron chi connectivity index (χ4n) is 5.77. The molecule has 0 aromatic heterocycles. The van der Waals surface area contributed by atoms with E-state index in [4.69, 9.17) is 9.73 Å². The Labute approximate surface area is 142 Å². The zero-order chi connectivity index (χ0) is 16.5. The van der Waals surface area contributed by atoms with Crippen molar-refractivity contribution in [2.75, 3.05) is 20.2 Å². The van der Waals surface area contributed by atoms with Crippen molar-refractivity contribution in [3.05, 3.63) is 41.5 Å². The van der Waals surface area contributed by atoms with Crippen LogP contribution in [0.4, 0.5) is 5.69 Å². The highest BCUT2D eigenvalue weighted by atomic mass is 16.5. The summed E-state index contributed by atoms with van der Waals surface area (Å²) in [5.41, 5.74) is 4.64. The molecule has 24 heavy (non-hydrogen) atoms. The van der Waals surface area contributed by atoms with Crippen molar-refractivity contribution in [2.24, 2.45) is 16.8 Å². The molecule has 124 valence electrons. The third kappa shape index (κ3) is 1.53. The quantitative estimate of drug-likeness (QED) is 0.590. The van der Waals surface area contributed by atoms with Crippen LogP contribution in [-0.2, 0) is 14.9 Å². The first-order valence-corrected chi connectivity index (χ1v) is 8.86. The molecule has 3 heterocycles. The summed E-state index contributed by atoms with van der Waals surface area (Å²) < 4.78 is 5.31. The number of carbonyl (C=O) groups is 1. The van der Waals surface area contributed by atoms with Crippen LogP contribution in [0.5, 0.6) is 0 Å². The van der Waals surface area contributed by atoms with Gasteiger partial charge in [-0.1, -0.05) is 29.8 Å². The number of nitrogens with zero attached hydrogens (tertiary/aromatic N) is 2. The van der Waals surface area contributed by atoms with Crippen molar-refractivity contribution in [3.8, 4) is 0 Å². The first-order valence-electron chi connectivity index (χ1n) is 8.86. The minimum absolute atomic E-state index is 0.0717. The molecule has 1 saturated carbocycles. The van der Waals surface area contributed by atoms with Crippen molar-refractivity contribution in [1.29, 1.82) is 0 Å². The van der Waals surface area contributed by atoms with Gasteiger partial charge in [0.1, 0.15) is 0 Å². The molecule has 0 N–H and O–H groups in total. The van der Waals surface area contributed by atoms with Gasteiger partial charge in [-0.15, -0.1) is 0 Å². The average Bonchev–Trinajstić information content (AvgIpc) is 2.96. The predicted octanol–water partition coefficient (Wildman–Crippen LogP) is 2.85. The molecule has 3 bridgehead atoms. The van der Waals surface area contributed by atoms with E-state index < -0.39 is 0 Å². The molecule has 1 aromatic carbocycles. The van der Waals surface area contributed by atoms with E-state index in [9.17, 15) is 4.79 Å². The van der Waals surface area contributed by atoms with Gasteiger partial charge in [0.25, 0.3) is 0 Å². The fraction of sp³-hybridized carbons (Fsp3) is 0.500. The fourth-order valence-corrected chi connectivity index (χ4v) is 5.77. The lowest BCUT2D eigenvalue weighted by molar-refractivity contribution is -0.151. The van der Waals surface area contributed by atoms with Crippen LogP contribution in [0.2, 0.25) is 0 Å². The number of para-hydroxylation sites is 1. The van der Waals surface area contributed by atoms with E-state index in [1.165, 1.54) is 24.0 Å². The maximum Gasteiger partial charge on any atom is 0.310 e. The van der Waals surface area contributed by atoms with Crippen LogP contribution in [0.3, 0.4) is 0 Å². The number of allylic oxidation sites excluding steroid dienone is 1. The molecule has 5 rings (SSSR count).